The van der Waals surface area contributed by atoms with E-state index in [-0.39, 0.29) is 12.0 Å². The molecule has 0 fully saturated rings. The number of hydrogen-bond acceptors (Lipinski definition) is 4. The minimum Gasteiger partial charge on any atom is -0.485 e. The summed E-state index contributed by atoms with van der Waals surface area (Å²) in [6.45, 7) is 0.889. The maximum atomic E-state index is 11.9. The Hall–Kier alpha value is -2.19. The maximum absolute atomic E-state index is 11.9. The molecular weight excluding hydrogens is 256 g/mol. The van der Waals surface area contributed by atoms with E-state index >= 15 is 0 Å². The van der Waals surface area contributed by atoms with Gasteiger partial charge in [-0.15, -0.1) is 6.42 Å². The second-order valence-electron chi connectivity index (χ2n) is 4.50. The highest BCUT2D eigenvalue weighted by Crippen LogP contribution is 2.38. The summed E-state index contributed by atoms with van der Waals surface area (Å²) in [7, 11) is 3.24. The third kappa shape index (κ3) is 2.70. The number of anilines is 1. The van der Waals surface area contributed by atoms with Crippen LogP contribution in [0, 0.1) is 12.3 Å². The molecule has 1 aromatic carbocycles. The number of hydrogen-bond donors (Lipinski definition) is 2. The molecule has 1 aromatic rings. The zero-order valence-corrected chi connectivity index (χ0v) is 11.7. The van der Waals surface area contributed by atoms with Crippen LogP contribution >= 0.6 is 0 Å². The van der Waals surface area contributed by atoms with E-state index in [1.165, 1.54) is 0 Å². The minimum atomic E-state index is -0.119. The summed E-state index contributed by atoms with van der Waals surface area (Å²) in [6, 6.07) is 3.60. The Morgan fingerprint density at radius 2 is 2.40 bits per heavy atom. The molecule has 20 heavy (non-hydrogen) atoms. The average Bonchev–Trinajstić information content (AvgIpc) is 2.88. The van der Waals surface area contributed by atoms with Crippen molar-refractivity contribution in [2.24, 2.45) is 0 Å². The van der Waals surface area contributed by atoms with Crippen LogP contribution in [0.15, 0.2) is 12.1 Å². The number of carbonyl (C=O) groups is 1. The van der Waals surface area contributed by atoms with Gasteiger partial charge in [0.1, 0.15) is 11.9 Å². The van der Waals surface area contributed by atoms with Crippen LogP contribution in [0.3, 0.4) is 0 Å². The summed E-state index contributed by atoms with van der Waals surface area (Å²) in [4.78, 5) is 11.9. The number of benzene rings is 1. The van der Waals surface area contributed by atoms with Gasteiger partial charge in [-0.25, -0.2) is 0 Å². The zero-order valence-electron chi connectivity index (χ0n) is 11.7. The molecule has 0 aliphatic carbocycles. The Kier molecular flexibility index (Phi) is 4.49. The third-order valence-corrected chi connectivity index (χ3v) is 3.18. The van der Waals surface area contributed by atoms with E-state index in [0.717, 1.165) is 11.3 Å². The van der Waals surface area contributed by atoms with Crippen LogP contribution < -0.4 is 15.4 Å². The average molecular weight is 274 g/mol. The molecule has 0 aromatic heterocycles. The zero-order chi connectivity index (χ0) is 14.5. The van der Waals surface area contributed by atoms with Crippen molar-refractivity contribution in [2.75, 3.05) is 32.6 Å². The molecule has 5 nitrogen and oxygen atoms in total. The summed E-state index contributed by atoms with van der Waals surface area (Å²) in [6.07, 6.45) is 5.83. The highest BCUT2D eigenvalue weighted by atomic mass is 16.5. The van der Waals surface area contributed by atoms with Crippen LogP contribution in [-0.4, -0.2) is 39.3 Å². The van der Waals surface area contributed by atoms with Gasteiger partial charge in [0.2, 0.25) is 0 Å². The molecule has 1 heterocycles. The Balaban J connectivity index is 2.36. The number of fused-ring (bicyclic) bond motifs is 1. The Bertz CT molecular complexity index is 549. The largest absolute Gasteiger partial charge is 0.485 e. The fourth-order valence-electron chi connectivity index (χ4n) is 2.31. The van der Waals surface area contributed by atoms with E-state index < -0.39 is 0 Å². The van der Waals surface area contributed by atoms with Crippen LogP contribution in [0.5, 0.6) is 5.75 Å². The van der Waals surface area contributed by atoms with E-state index in [4.69, 9.17) is 15.9 Å². The summed E-state index contributed by atoms with van der Waals surface area (Å²) in [5, 5.41) is 5.75. The number of nitrogens with one attached hydrogen (secondary N) is 2. The van der Waals surface area contributed by atoms with E-state index in [9.17, 15) is 4.79 Å². The topological polar surface area (TPSA) is 59.6 Å². The first kappa shape index (κ1) is 14.2. The number of methoxy groups -OCH3 is 1. The van der Waals surface area contributed by atoms with E-state index in [0.29, 0.717) is 30.9 Å². The Morgan fingerprint density at radius 1 is 1.60 bits per heavy atom. The van der Waals surface area contributed by atoms with Crippen LogP contribution in [0.25, 0.3) is 0 Å². The lowest BCUT2D eigenvalue weighted by Crippen LogP contribution is -2.21. The second kappa shape index (κ2) is 6.31. The van der Waals surface area contributed by atoms with Crippen molar-refractivity contribution in [1.29, 1.82) is 0 Å². The van der Waals surface area contributed by atoms with Crippen LogP contribution in [-0.2, 0) is 11.2 Å². The van der Waals surface area contributed by atoms with Gasteiger partial charge in [-0.05, 0) is 12.1 Å². The van der Waals surface area contributed by atoms with Crippen LogP contribution in [0.1, 0.15) is 15.9 Å². The third-order valence-electron chi connectivity index (χ3n) is 3.18. The van der Waals surface area contributed by atoms with Gasteiger partial charge in [-0.3, -0.25) is 4.79 Å². The molecule has 1 amide bonds. The van der Waals surface area contributed by atoms with E-state index in [1.54, 1.807) is 20.2 Å². The smallest absolute Gasteiger partial charge is 0.251 e. The maximum Gasteiger partial charge on any atom is 0.251 e. The van der Waals surface area contributed by atoms with Gasteiger partial charge < -0.3 is 20.1 Å². The molecule has 5 heteroatoms. The van der Waals surface area contributed by atoms with Crippen molar-refractivity contribution in [3.8, 4) is 18.1 Å². The predicted octanol–water partition coefficient (Wildman–Crippen LogP) is 1.04. The number of ether oxygens (including phenoxy) is 2. The first-order valence-corrected chi connectivity index (χ1v) is 6.42. The number of rotatable bonds is 5. The molecule has 106 valence electrons. The molecule has 1 aliphatic heterocycles. The monoisotopic (exact) mass is 274 g/mol. The minimum absolute atomic E-state index is 0.0767. The Labute approximate surface area is 118 Å². The molecule has 1 unspecified atom stereocenters. The summed E-state index contributed by atoms with van der Waals surface area (Å²) >= 11 is 0. The van der Waals surface area contributed by atoms with Gasteiger partial charge in [-0.2, -0.15) is 0 Å². The lowest BCUT2D eigenvalue weighted by Gasteiger charge is -2.13. The second-order valence-corrected chi connectivity index (χ2v) is 4.50. The summed E-state index contributed by atoms with van der Waals surface area (Å²) in [5.74, 6) is 3.10. The molecule has 2 N–H and O–H groups in total. The molecule has 0 saturated heterocycles. The lowest BCUT2D eigenvalue weighted by molar-refractivity contribution is 0.0951. The highest BCUT2D eigenvalue weighted by Gasteiger charge is 2.29. The molecule has 0 bridgehead atoms. The predicted molar refractivity (Wildman–Crippen MR) is 77.2 cm³/mol. The summed E-state index contributed by atoms with van der Waals surface area (Å²) < 4.78 is 11.0. The van der Waals surface area contributed by atoms with Crippen molar-refractivity contribution in [1.82, 2.24) is 5.32 Å². The number of carbonyl (C=O) groups excluding carboxylic acids is 1. The van der Waals surface area contributed by atoms with Gasteiger partial charge in [0.15, 0.2) is 0 Å². The molecule has 2 rings (SSSR count). The van der Waals surface area contributed by atoms with Gasteiger partial charge in [0.25, 0.3) is 5.91 Å². The molecule has 0 saturated carbocycles. The molecular formula is C15H18N2O3. The Morgan fingerprint density at radius 3 is 3.05 bits per heavy atom. The number of amides is 1. The summed E-state index contributed by atoms with van der Waals surface area (Å²) in [5.41, 5.74) is 2.34. The first-order chi connectivity index (χ1) is 9.71. The van der Waals surface area contributed by atoms with Gasteiger partial charge in [0.05, 0.1) is 18.8 Å². The highest BCUT2D eigenvalue weighted by molar-refractivity contribution is 5.97. The lowest BCUT2D eigenvalue weighted by atomic mass is 10.0. The van der Waals surface area contributed by atoms with Crippen LogP contribution in [0.4, 0.5) is 5.69 Å². The standard InChI is InChI=1S/C15H18N2O3/c1-4-7-17-13-6-5-11(15(18)16-2)12-8-10(9-19-3)20-14(12)13/h1,5-6,10,17H,7-9H2,2-3H3,(H,16,18). The van der Waals surface area contributed by atoms with Crippen molar-refractivity contribution in [2.45, 2.75) is 12.5 Å². The van der Waals surface area contributed by atoms with Crippen molar-refractivity contribution in [3.63, 3.8) is 0 Å². The fourth-order valence-corrected chi connectivity index (χ4v) is 2.31. The van der Waals surface area contributed by atoms with E-state index in [1.807, 2.05) is 6.07 Å². The normalized spacial score (nSPS) is 15.9. The van der Waals surface area contributed by atoms with Gasteiger partial charge >= 0.3 is 0 Å². The quantitative estimate of drug-likeness (QED) is 0.788. The van der Waals surface area contributed by atoms with Gasteiger partial charge in [-0.1, -0.05) is 5.92 Å². The SMILES string of the molecule is C#CCNc1ccc(C(=O)NC)c2c1OC(COC)C2. The van der Waals surface area contributed by atoms with Crippen molar-refractivity contribution < 1.29 is 14.3 Å². The van der Waals surface area contributed by atoms with Crippen LogP contribution in [0.2, 0.25) is 0 Å². The first-order valence-electron chi connectivity index (χ1n) is 6.42. The van der Waals surface area contributed by atoms with Crippen molar-refractivity contribution >= 4 is 11.6 Å². The van der Waals surface area contributed by atoms with E-state index in [2.05, 4.69) is 16.6 Å². The molecule has 1 atom stereocenters. The number of terminal acetylenes is 1. The molecule has 0 radical (unpaired) electrons. The fraction of sp³-hybridized carbons (Fsp3) is 0.400. The molecule has 1 aliphatic rings. The molecule has 0 spiro atoms. The van der Waals surface area contributed by atoms with Gasteiger partial charge in [0, 0.05) is 31.7 Å². The van der Waals surface area contributed by atoms with Crippen molar-refractivity contribution in [3.05, 3.63) is 23.3 Å².